The van der Waals surface area contributed by atoms with Gasteiger partial charge in [-0.3, -0.25) is 4.79 Å². The fourth-order valence-electron chi connectivity index (χ4n) is 4.70. The molecule has 2 aliphatic rings. The number of hydrogen-bond acceptors (Lipinski definition) is 9. The lowest BCUT2D eigenvalue weighted by atomic mass is 9.91. The largest absolute Gasteiger partial charge is 0.493 e. The minimum atomic E-state index is -0.606. The van der Waals surface area contributed by atoms with Crippen LogP contribution < -0.4 is 20.8 Å². The molecule has 11 heteroatoms. The van der Waals surface area contributed by atoms with Gasteiger partial charge in [0.15, 0.2) is 5.43 Å². The number of benzene rings is 3. The van der Waals surface area contributed by atoms with E-state index in [1.165, 1.54) is 12.1 Å². The van der Waals surface area contributed by atoms with Gasteiger partial charge in [0.25, 0.3) is 0 Å². The van der Waals surface area contributed by atoms with Crippen molar-refractivity contribution in [1.29, 1.82) is 0 Å². The molecular formula is C36H42N2O9. The molecule has 0 bridgehead atoms. The molecular weight excluding hydrogens is 604 g/mol. The van der Waals surface area contributed by atoms with Gasteiger partial charge in [-0.05, 0) is 90.3 Å². The van der Waals surface area contributed by atoms with Gasteiger partial charge < -0.3 is 34.0 Å². The molecule has 0 fully saturated rings. The predicted octanol–water partition coefficient (Wildman–Crippen LogP) is 6.93. The van der Waals surface area contributed by atoms with Crippen LogP contribution in [0.2, 0.25) is 0 Å². The first-order valence-corrected chi connectivity index (χ1v) is 15.5. The first-order valence-electron chi connectivity index (χ1n) is 15.5. The van der Waals surface area contributed by atoms with Crippen LogP contribution in [0, 0.1) is 0 Å². The molecule has 1 aliphatic heterocycles. The lowest BCUT2D eigenvalue weighted by Crippen LogP contribution is -2.33. The number of hydrogen-bond donors (Lipinski definition) is 2. The highest BCUT2D eigenvalue weighted by atomic mass is 16.6. The molecule has 2 N–H and O–H groups in total. The summed E-state index contributed by atoms with van der Waals surface area (Å²) < 4.78 is 28.1. The minimum absolute atomic E-state index is 0.0854. The second-order valence-corrected chi connectivity index (χ2v) is 12.9. The van der Waals surface area contributed by atoms with Gasteiger partial charge in [0.05, 0.1) is 18.8 Å². The quantitative estimate of drug-likeness (QED) is 0.0767. The lowest BCUT2D eigenvalue weighted by molar-refractivity contribution is 0.0479. The molecule has 2 aromatic carbocycles. The Morgan fingerprint density at radius 2 is 1.38 bits per heavy atom. The number of nitrogens with one attached hydrogen (secondary N) is 2. The smallest absolute Gasteiger partial charge is 0.407 e. The second kappa shape index (κ2) is 15.0. The Bertz CT molecular complexity index is 1750. The minimum Gasteiger partial charge on any atom is -0.493 e. The number of rotatable bonds is 11. The zero-order chi connectivity index (χ0) is 34.2. The molecule has 1 heterocycles. The van der Waals surface area contributed by atoms with Crippen molar-refractivity contribution in [2.45, 2.75) is 65.6 Å². The lowest BCUT2D eigenvalue weighted by Gasteiger charge is -2.19. The molecule has 0 saturated heterocycles. The van der Waals surface area contributed by atoms with E-state index in [4.69, 9.17) is 23.4 Å². The van der Waals surface area contributed by atoms with Gasteiger partial charge in [0.2, 0.25) is 0 Å². The van der Waals surface area contributed by atoms with E-state index in [0.717, 1.165) is 0 Å². The molecule has 2 amide bonds. The summed E-state index contributed by atoms with van der Waals surface area (Å²) in [6, 6.07) is 17.0. The highest BCUT2D eigenvalue weighted by Crippen LogP contribution is 2.42. The Morgan fingerprint density at radius 3 is 2.04 bits per heavy atom. The van der Waals surface area contributed by atoms with Crippen molar-refractivity contribution in [2.75, 3.05) is 26.3 Å². The van der Waals surface area contributed by atoms with Crippen LogP contribution in [-0.2, 0) is 14.2 Å². The average molecular weight is 647 g/mol. The summed E-state index contributed by atoms with van der Waals surface area (Å²) in [7, 11) is 0. The third-order valence-corrected chi connectivity index (χ3v) is 6.56. The predicted molar refractivity (Wildman–Crippen MR) is 178 cm³/mol. The molecule has 0 atom stereocenters. The first-order chi connectivity index (χ1) is 22.2. The van der Waals surface area contributed by atoms with Crippen LogP contribution in [0.5, 0.6) is 5.75 Å². The normalized spacial score (nSPS) is 11.6. The van der Waals surface area contributed by atoms with Crippen molar-refractivity contribution < 1.29 is 37.7 Å². The average Bonchev–Trinajstić information content (AvgIpc) is 2.97. The molecule has 0 saturated carbocycles. The molecule has 0 aromatic heterocycles. The summed E-state index contributed by atoms with van der Waals surface area (Å²) in [5, 5.41) is 6.06. The van der Waals surface area contributed by atoms with E-state index >= 15 is 0 Å². The summed E-state index contributed by atoms with van der Waals surface area (Å²) in [6.45, 7) is 11.8. The third kappa shape index (κ3) is 10.2. The van der Waals surface area contributed by atoms with Crippen LogP contribution in [0.25, 0.3) is 33.4 Å². The Balaban J connectivity index is 1.51. The van der Waals surface area contributed by atoms with Crippen molar-refractivity contribution in [1.82, 2.24) is 10.6 Å². The van der Waals surface area contributed by atoms with Crippen LogP contribution in [-0.4, -0.2) is 55.7 Å². The van der Waals surface area contributed by atoms with Gasteiger partial charge in [-0.15, -0.1) is 0 Å². The van der Waals surface area contributed by atoms with Crippen LogP contribution >= 0.6 is 0 Å². The summed E-state index contributed by atoms with van der Waals surface area (Å²) in [5.41, 5.74) is 1.36. The van der Waals surface area contributed by atoms with Crippen molar-refractivity contribution in [2.24, 2.45) is 0 Å². The number of fused-ring (bicyclic) bond motifs is 2. The standard InChI is InChI=1S/C36H42N2O9/c1-35(2,3)46-33(41)37-17-9-19-43-24-14-16-28-30(22-24)45-29-21-23(39)13-15-27(29)31(28)25-11-7-8-12-26(25)32(40)44-20-10-18-38-34(42)47-36(4,5)6/h7-8,11-16,21-22H,9-10,17-20H2,1-6H3,(H,37,41)(H,38,42). The molecule has 0 unspecified atom stereocenters. The molecule has 2 aromatic rings. The monoisotopic (exact) mass is 646 g/mol. The molecule has 47 heavy (non-hydrogen) atoms. The number of alkyl carbamates (subject to hydrolysis) is 2. The maximum Gasteiger partial charge on any atom is 0.407 e. The van der Waals surface area contributed by atoms with Crippen molar-refractivity contribution in [3.63, 3.8) is 0 Å². The van der Waals surface area contributed by atoms with Crippen molar-refractivity contribution in [3.05, 3.63) is 76.5 Å². The third-order valence-electron chi connectivity index (χ3n) is 6.56. The van der Waals surface area contributed by atoms with E-state index in [-0.39, 0.29) is 18.6 Å². The van der Waals surface area contributed by atoms with E-state index in [9.17, 15) is 19.2 Å². The summed E-state index contributed by atoms with van der Waals surface area (Å²) in [5.74, 6) is 0.366. The summed E-state index contributed by atoms with van der Waals surface area (Å²) in [6.07, 6.45) is -0.0790. The van der Waals surface area contributed by atoms with E-state index in [1.54, 1.807) is 71.9 Å². The highest BCUT2D eigenvalue weighted by molar-refractivity contribution is 6.07. The van der Waals surface area contributed by atoms with Crippen LogP contribution in [0.15, 0.2) is 69.9 Å². The number of carbonyl (C=O) groups excluding carboxylic acids is 3. The Hall–Kier alpha value is -5.06. The fraction of sp³-hybridized carbons (Fsp3) is 0.389. The van der Waals surface area contributed by atoms with Gasteiger partial charge in [0, 0.05) is 41.7 Å². The van der Waals surface area contributed by atoms with Crippen molar-refractivity contribution >= 4 is 29.1 Å². The second-order valence-electron chi connectivity index (χ2n) is 12.9. The summed E-state index contributed by atoms with van der Waals surface area (Å²) in [4.78, 5) is 49.4. The number of carbonyl (C=O) groups is 3. The van der Waals surface area contributed by atoms with Crippen LogP contribution in [0.3, 0.4) is 0 Å². The zero-order valence-corrected chi connectivity index (χ0v) is 27.7. The van der Waals surface area contributed by atoms with Gasteiger partial charge in [-0.2, -0.15) is 0 Å². The first kappa shape index (κ1) is 34.8. The molecule has 250 valence electrons. The molecule has 4 rings (SSSR count). The number of amides is 2. The highest BCUT2D eigenvalue weighted by Gasteiger charge is 2.23. The zero-order valence-electron chi connectivity index (χ0n) is 27.7. The Kier molecular flexibility index (Phi) is 11.1. The molecule has 0 spiro atoms. The Morgan fingerprint density at radius 1 is 0.745 bits per heavy atom. The summed E-state index contributed by atoms with van der Waals surface area (Å²) >= 11 is 0. The Labute approximate surface area is 273 Å². The topological polar surface area (TPSA) is 142 Å². The van der Waals surface area contributed by atoms with Gasteiger partial charge in [0.1, 0.15) is 28.3 Å². The van der Waals surface area contributed by atoms with Crippen LogP contribution in [0.4, 0.5) is 9.59 Å². The maximum atomic E-state index is 13.3. The SMILES string of the molecule is CC(C)(C)OC(=O)NCCCOC(=O)c1ccccc1-c1c2ccc(=O)cc-2oc2cc(OCCCNC(=O)OC(C)(C)C)ccc12. The molecule has 1 aliphatic carbocycles. The molecule has 0 radical (unpaired) electrons. The van der Waals surface area contributed by atoms with Crippen molar-refractivity contribution in [3.8, 4) is 28.2 Å². The number of esters is 1. The van der Waals surface area contributed by atoms with E-state index in [1.807, 2.05) is 18.2 Å². The maximum absolute atomic E-state index is 13.3. The van der Waals surface area contributed by atoms with E-state index in [2.05, 4.69) is 10.6 Å². The van der Waals surface area contributed by atoms with Gasteiger partial charge in [-0.1, -0.05) is 18.2 Å². The fourth-order valence-corrected chi connectivity index (χ4v) is 4.70. The van der Waals surface area contributed by atoms with Gasteiger partial charge >= 0.3 is 18.2 Å². The molecule has 11 nitrogen and oxygen atoms in total. The van der Waals surface area contributed by atoms with E-state index in [0.29, 0.717) is 70.7 Å². The van der Waals surface area contributed by atoms with Gasteiger partial charge in [-0.25, -0.2) is 14.4 Å². The van der Waals surface area contributed by atoms with E-state index < -0.39 is 29.4 Å². The van der Waals surface area contributed by atoms with Crippen LogP contribution in [0.1, 0.15) is 64.7 Å². The number of ether oxygens (including phenoxy) is 4.